The first-order valence-corrected chi connectivity index (χ1v) is 5.45. The van der Waals surface area contributed by atoms with Crippen molar-refractivity contribution in [3.05, 3.63) is 54.0 Å². The molecule has 0 aliphatic heterocycles. The molecular weight excluding hydrogens is 234 g/mol. The summed E-state index contributed by atoms with van der Waals surface area (Å²) >= 11 is 0. The van der Waals surface area contributed by atoms with Crippen LogP contribution in [0, 0.1) is 0 Å². The zero-order valence-corrected chi connectivity index (χ0v) is 9.54. The molecular formula is C13H13NO4. The molecule has 94 valence electrons. The van der Waals surface area contributed by atoms with Gasteiger partial charge in [0.05, 0.1) is 12.9 Å². The fourth-order valence-corrected chi connectivity index (χ4v) is 1.59. The molecule has 2 aromatic rings. The predicted octanol–water partition coefficient (Wildman–Crippen LogP) is 1.45. The average Bonchev–Trinajstić information content (AvgIpc) is 2.89. The standard InChI is InChI=1S/C13H13NO4/c15-8-11(12-5-2-6-18-12)14-13(17)9-3-1-4-10(16)7-9/h1-7,11,15-16H,8H2,(H,14,17). The predicted molar refractivity (Wildman–Crippen MR) is 64.1 cm³/mol. The van der Waals surface area contributed by atoms with E-state index < -0.39 is 6.04 Å². The molecule has 1 amide bonds. The number of hydrogen-bond acceptors (Lipinski definition) is 4. The van der Waals surface area contributed by atoms with E-state index in [0.29, 0.717) is 11.3 Å². The Bertz CT molecular complexity index is 522. The second-order valence-corrected chi connectivity index (χ2v) is 3.77. The zero-order chi connectivity index (χ0) is 13.0. The minimum absolute atomic E-state index is 0.0150. The fourth-order valence-electron chi connectivity index (χ4n) is 1.59. The Kier molecular flexibility index (Phi) is 3.64. The van der Waals surface area contributed by atoms with Gasteiger partial charge in [0.2, 0.25) is 0 Å². The van der Waals surface area contributed by atoms with Gasteiger partial charge in [-0.05, 0) is 30.3 Å². The van der Waals surface area contributed by atoms with Crippen LogP contribution in [0.25, 0.3) is 0 Å². The van der Waals surface area contributed by atoms with Crippen molar-refractivity contribution in [1.29, 1.82) is 0 Å². The van der Waals surface area contributed by atoms with Gasteiger partial charge >= 0.3 is 0 Å². The van der Waals surface area contributed by atoms with Gasteiger partial charge in [-0.2, -0.15) is 0 Å². The topological polar surface area (TPSA) is 82.7 Å². The van der Waals surface area contributed by atoms with E-state index in [4.69, 9.17) is 4.42 Å². The highest BCUT2D eigenvalue weighted by Crippen LogP contribution is 2.15. The van der Waals surface area contributed by atoms with Crippen LogP contribution in [0.1, 0.15) is 22.2 Å². The van der Waals surface area contributed by atoms with Crippen molar-refractivity contribution in [3.63, 3.8) is 0 Å². The molecule has 0 saturated carbocycles. The van der Waals surface area contributed by atoms with Crippen LogP contribution in [0.3, 0.4) is 0 Å². The number of carbonyl (C=O) groups excluding carboxylic acids is 1. The SMILES string of the molecule is O=C(NC(CO)c1ccco1)c1cccc(O)c1. The molecule has 5 heteroatoms. The summed E-state index contributed by atoms with van der Waals surface area (Å²) in [4.78, 5) is 11.9. The van der Waals surface area contributed by atoms with Gasteiger partial charge < -0.3 is 19.9 Å². The number of amides is 1. The number of nitrogens with one attached hydrogen (secondary N) is 1. The molecule has 18 heavy (non-hydrogen) atoms. The minimum atomic E-state index is -0.602. The number of carbonyl (C=O) groups is 1. The molecule has 1 atom stereocenters. The molecule has 0 saturated heterocycles. The van der Waals surface area contributed by atoms with E-state index in [1.54, 1.807) is 24.3 Å². The first kappa shape index (κ1) is 12.2. The Morgan fingerprint density at radius 2 is 2.17 bits per heavy atom. The van der Waals surface area contributed by atoms with Gasteiger partial charge in [0.25, 0.3) is 5.91 Å². The van der Waals surface area contributed by atoms with Crippen molar-refractivity contribution in [2.75, 3.05) is 6.61 Å². The van der Waals surface area contributed by atoms with E-state index in [0.717, 1.165) is 0 Å². The molecule has 2 rings (SSSR count). The van der Waals surface area contributed by atoms with Crippen LogP contribution in [0.2, 0.25) is 0 Å². The Balaban J connectivity index is 2.11. The number of aromatic hydroxyl groups is 1. The third kappa shape index (κ3) is 2.70. The maximum Gasteiger partial charge on any atom is 0.252 e. The second-order valence-electron chi connectivity index (χ2n) is 3.77. The number of hydrogen-bond donors (Lipinski definition) is 3. The molecule has 1 aromatic carbocycles. The first-order chi connectivity index (χ1) is 8.70. The number of benzene rings is 1. The van der Waals surface area contributed by atoms with Crippen LogP contribution in [0.5, 0.6) is 5.75 Å². The van der Waals surface area contributed by atoms with E-state index in [9.17, 15) is 15.0 Å². The maximum atomic E-state index is 11.9. The van der Waals surface area contributed by atoms with Crippen LogP contribution in [-0.4, -0.2) is 22.7 Å². The summed E-state index contributed by atoms with van der Waals surface area (Å²) in [5.74, 6) is 0.105. The van der Waals surface area contributed by atoms with Gasteiger partial charge in [-0.15, -0.1) is 0 Å². The molecule has 0 bridgehead atoms. The van der Waals surface area contributed by atoms with Crippen molar-refractivity contribution in [1.82, 2.24) is 5.32 Å². The molecule has 1 heterocycles. The van der Waals surface area contributed by atoms with E-state index in [1.165, 1.54) is 18.4 Å². The summed E-state index contributed by atoms with van der Waals surface area (Å²) in [7, 11) is 0. The van der Waals surface area contributed by atoms with Crippen LogP contribution < -0.4 is 5.32 Å². The van der Waals surface area contributed by atoms with Crippen molar-refractivity contribution >= 4 is 5.91 Å². The molecule has 0 aliphatic rings. The molecule has 0 spiro atoms. The van der Waals surface area contributed by atoms with Gasteiger partial charge in [0.1, 0.15) is 17.6 Å². The summed E-state index contributed by atoms with van der Waals surface area (Å²) in [6, 6.07) is 8.73. The minimum Gasteiger partial charge on any atom is -0.508 e. The third-order valence-electron chi connectivity index (χ3n) is 2.48. The first-order valence-electron chi connectivity index (χ1n) is 5.45. The Morgan fingerprint density at radius 1 is 1.33 bits per heavy atom. The molecule has 5 nitrogen and oxygen atoms in total. The number of aliphatic hydroxyl groups excluding tert-OH is 1. The lowest BCUT2D eigenvalue weighted by Gasteiger charge is -2.13. The number of furan rings is 1. The van der Waals surface area contributed by atoms with E-state index >= 15 is 0 Å². The van der Waals surface area contributed by atoms with Gasteiger partial charge in [-0.25, -0.2) is 0 Å². The van der Waals surface area contributed by atoms with Crippen LogP contribution >= 0.6 is 0 Å². The highest BCUT2D eigenvalue weighted by Gasteiger charge is 2.17. The van der Waals surface area contributed by atoms with Crippen molar-refractivity contribution in [2.24, 2.45) is 0 Å². The molecule has 3 N–H and O–H groups in total. The lowest BCUT2D eigenvalue weighted by Crippen LogP contribution is -2.30. The number of aliphatic hydroxyl groups is 1. The van der Waals surface area contributed by atoms with Crippen LogP contribution in [0.4, 0.5) is 0 Å². The van der Waals surface area contributed by atoms with Gasteiger partial charge in [-0.1, -0.05) is 6.07 Å². The molecule has 1 unspecified atom stereocenters. The van der Waals surface area contributed by atoms with Crippen LogP contribution in [-0.2, 0) is 0 Å². The van der Waals surface area contributed by atoms with E-state index in [2.05, 4.69) is 5.32 Å². The monoisotopic (exact) mass is 247 g/mol. The fraction of sp³-hybridized carbons (Fsp3) is 0.154. The Morgan fingerprint density at radius 3 is 2.78 bits per heavy atom. The zero-order valence-electron chi connectivity index (χ0n) is 9.54. The highest BCUT2D eigenvalue weighted by molar-refractivity contribution is 5.94. The largest absolute Gasteiger partial charge is 0.508 e. The van der Waals surface area contributed by atoms with Gasteiger partial charge in [0, 0.05) is 5.56 Å². The quantitative estimate of drug-likeness (QED) is 0.763. The van der Waals surface area contributed by atoms with Crippen molar-refractivity contribution in [3.8, 4) is 5.75 Å². The van der Waals surface area contributed by atoms with Crippen molar-refractivity contribution < 1.29 is 19.4 Å². The van der Waals surface area contributed by atoms with E-state index in [-0.39, 0.29) is 18.3 Å². The molecule has 0 fully saturated rings. The number of rotatable bonds is 4. The molecule has 1 aromatic heterocycles. The smallest absolute Gasteiger partial charge is 0.252 e. The highest BCUT2D eigenvalue weighted by atomic mass is 16.3. The van der Waals surface area contributed by atoms with Gasteiger partial charge in [-0.3, -0.25) is 4.79 Å². The number of phenols is 1. The molecule has 0 aliphatic carbocycles. The number of phenolic OH excluding ortho intramolecular Hbond substituents is 1. The Hall–Kier alpha value is -2.27. The summed E-state index contributed by atoms with van der Waals surface area (Å²) in [6.45, 7) is -0.266. The van der Waals surface area contributed by atoms with Crippen molar-refractivity contribution in [2.45, 2.75) is 6.04 Å². The molecule has 0 radical (unpaired) electrons. The second kappa shape index (κ2) is 5.37. The van der Waals surface area contributed by atoms with E-state index in [1.807, 2.05) is 0 Å². The van der Waals surface area contributed by atoms with Crippen LogP contribution in [0.15, 0.2) is 47.1 Å². The summed E-state index contributed by atoms with van der Waals surface area (Å²) < 4.78 is 5.12. The van der Waals surface area contributed by atoms with Gasteiger partial charge in [0.15, 0.2) is 0 Å². The maximum absolute atomic E-state index is 11.9. The average molecular weight is 247 g/mol. The summed E-state index contributed by atoms with van der Waals surface area (Å²) in [6.07, 6.45) is 1.47. The summed E-state index contributed by atoms with van der Waals surface area (Å²) in [5.41, 5.74) is 0.319. The Labute approximate surface area is 104 Å². The summed E-state index contributed by atoms with van der Waals surface area (Å²) in [5, 5.41) is 21.1. The third-order valence-corrected chi connectivity index (χ3v) is 2.48. The lowest BCUT2D eigenvalue weighted by atomic mass is 10.1. The normalized spacial score (nSPS) is 12.1. The lowest BCUT2D eigenvalue weighted by molar-refractivity contribution is 0.0907.